The molecule has 6 atom stereocenters. The van der Waals surface area contributed by atoms with Gasteiger partial charge < -0.3 is 29.3 Å². The second kappa shape index (κ2) is 10.3. The fourth-order valence-electron chi connectivity index (χ4n) is 6.75. The predicted octanol–water partition coefficient (Wildman–Crippen LogP) is 4.06. The Morgan fingerprint density at radius 3 is 2.62 bits per heavy atom. The summed E-state index contributed by atoms with van der Waals surface area (Å²) in [6.45, 7) is 13.0. The average Bonchev–Trinajstić information content (AvgIpc) is 3.35. The van der Waals surface area contributed by atoms with E-state index < -0.39 is 23.8 Å². The summed E-state index contributed by atoms with van der Waals surface area (Å²) in [5, 5.41) is 2.62. The SMILES string of the molecule is C[C@@H](NC(=O)OC(C)(C)C)C(=O)N1CCC[C@H]1C(=O)N1CC[C@H]2O[C@H]3c4ccccc4OC(C)(C)[C@@H]3C[C@H]2C1. The van der Waals surface area contributed by atoms with Crippen molar-refractivity contribution in [3.05, 3.63) is 29.8 Å². The van der Waals surface area contributed by atoms with Gasteiger partial charge in [0.2, 0.25) is 11.8 Å². The van der Waals surface area contributed by atoms with Crippen molar-refractivity contribution in [2.24, 2.45) is 11.8 Å². The number of likely N-dealkylation sites (tertiary alicyclic amines) is 2. The molecule has 1 aromatic rings. The van der Waals surface area contributed by atoms with Crippen LogP contribution in [0, 0.1) is 11.8 Å². The Labute approximate surface area is 231 Å². The number of ether oxygens (including phenoxy) is 3. The third-order valence-corrected chi connectivity index (χ3v) is 8.64. The zero-order valence-corrected chi connectivity index (χ0v) is 24.1. The van der Waals surface area contributed by atoms with E-state index in [0.29, 0.717) is 26.1 Å². The van der Waals surface area contributed by atoms with Gasteiger partial charge in [-0.05, 0) is 73.3 Å². The minimum Gasteiger partial charge on any atom is -0.487 e. The lowest BCUT2D eigenvalue weighted by molar-refractivity contribution is -0.189. The molecule has 0 saturated carbocycles. The number of carbonyl (C=O) groups excluding carboxylic acids is 3. The van der Waals surface area contributed by atoms with Crippen LogP contribution in [-0.4, -0.2) is 76.7 Å². The maximum Gasteiger partial charge on any atom is 0.408 e. The van der Waals surface area contributed by atoms with Crippen LogP contribution in [0.5, 0.6) is 5.75 Å². The first-order valence-electron chi connectivity index (χ1n) is 14.4. The van der Waals surface area contributed by atoms with Crippen LogP contribution >= 0.6 is 0 Å². The minimum atomic E-state index is -0.779. The standard InChI is InChI=1S/C30H43N3O6/c1-18(31-28(36)39-29(2,3)4)26(34)33-14-9-11-22(33)27(35)32-15-13-23-19(17-32)16-21-25(37-23)20-10-7-8-12-24(20)38-30(21,5)6/h7-8,10,12,18-19,21-23,25H,9,11,13-17H2,1-6H3,(H,31,36)/t18-,19+,21-,22+,23-,25+/m1/s1. The molecule has 3 amide bonds. The van der Waals surface area contributed by atoms with Crippen LogP contribution in [-0.2, 0) is 19.1 Å². The van der Waals surface area contributed by atoms with Crippen LogP contribution in [0.3, 0.4) is 0 Å². The minimum absolute atomic E-state index is 0.00427. The van der Waals surface area contributed by atoms with E-state index in [1.165, 1.54) is 0 Å². The smallest absolute Gasteiger partial charge is 0.408 e. The molecule has 0 radical (unpaired) electrons. The Kier molecular flexibility index (Phi) is 7.33. The molecule has 9 nitrogen and oxygen atoms in total. The Morgan fingerprint density at radius 2 is 1.87 bits per heavy atom. The normalized spacial score (nSPS) is 30.3. The average molecular weight is 542 g/mol. The molecule has 0 spiro atoms. The number of fused-ring (bicyclic) bond motifs is 4. The van der Waals surface area contributed by atoms with Crippen LogP contribution in [0.1, 0.15) is 78.9 Å². The third-order valence-electron chi connectivity index (χ3n) is 8.64. The van der Waals surface area contributed by atoms with E-state index in [1.54, 1.807) is 32.6 Å². The van der Waals surface area contributed by atoms with Crippen LogP contribution in [0.15, 0.2) is 24.3 Å². The molecule has 9 heteroatoms. The first kappa shape index (κ1) is 27.7. The number of piperidine rings is 1. The van der Waals surface area contributed by atoms with Crippen molar-refractivity contribution >= 4 is 17.9 Å². The molecule has 0 unspecified atom stereocenters. The fourth-order valence-corrected chi connectivity index (χ4v) is 6.75. The Morgan fingerprint density at radius 1 is 1.13 bits per heavy atom. The van der Waals surface area contributed by atoms with Gasteiger partial charge in [-0.1, -0.05) is 18.2 Å². The molecule has 4 aliphatic rings. The van der Waals surface area contributed by atoms with Gasteiger partial charge in [-0.3, -0.25) is 9.59 Å². The summed E-state index contributed by atoms with van der Waals surface area (Å²) in [6, 6.07) is 6.87. The number of amides is 3. The molecule has 3 fully saturated rings. The molecule has 3 saturated heterocycles. The number of carbonyl (C=O) groups is 3. The number of benzene rings is 1. The van der Waals surface area contributed by atoms with E-state index in [4.69, 9.17) is 14.2 Å². The molecular formula is C30H43N3O6. The summed E-state index contributed by atoms with van der Waals surface area (Å²) < 4.78 is 18.4. The van der Waals surface area contributed by atoms with Crippen molar-refractivity contribution in [3.63, 3.8) is 0 Å². The second-order valence-electron chi connectivity index (χ2n) is 13.1. The molecule has 4 aliphatic heterocycles. The van der Waals surface area contributed by atoms with Gasteiger partial charge in [0.1, 0.15) is 29.0 Å². The third kappa shape index (κ3) is 5.60. The van der Waals surface area contributed by atoms with Crippen LogP contribution in [0.2, 0.25) is 0 Å². The zero-order valence-electron chi connectivity index (χ0n) is 24.1. The number of alkyl carbamates (subject to hydrolysis) is 1. The highest BCUT2D eigenvalue weighted by Crippen LogP contribution is 2.52. The molecule has 1 N–H and O–H groups in total. The monoisotopic (exact) mass is 541 g/mol. The van der Waals surface area contributed by atoms with Crippen LogP contribution in [0.25, 0.3) is 0 Å². The van der Waals surface area contributed by atoms with Gasteiger partial charge in [0.05, 0.1) is 12.2 Å². The summed E-state index contributed by atoms with van der Waals surface area (Å²) in [7, 11) is 0. The number of hydrogen-bond acceptors (Lipinski definition) is 6. The Hall–Kier alpha value is -2.81. The summed E-state index contributed by atoms with van der Waals surface area (Å²) in [4.78, 5) is 42.8. The van der Waals surface area contributed by atoms with Crippen molar-refractivity contribution in [2.45, 2.75) is 103 Å². The predicted molar refractivity (Wildman–Crippen MR) is 145 cm³/mol. The number of nitrogens with one attached hydrogen (secondary N) is 1. The number of para-hydroxylation sites is 1. The summed E-state index contributed by atoms with van der Waals surface area (Å²) in [6.07, 6.45) is 2.55. The van der Waals surface area contributed by atoms with E-state index in [1.807, 2.05) is 23.1 Å². The van der Waals surface area contributed by atoms with Gasteiger partial charge in [0.15, 0.2) is 0 Å². The first-order valence-corrected chi connectivity index (χ1v) is 14.4. The molecular weight excluding hydrogens is 498 g/mol. The van der Waals surface area contributed by atoms with Gasteiger partial charge in [0, 0.05) is 37.0 Å². The van der Waals surface area contributed by atoms with Crippen molar-refractivity contribution < 1.29 is 28.6 Å². The maximum absolute atomic E-state index is 13.8. The summed E-state index contributed by atoms with van der Waals surface area (Å²) in [5.41, 5.74) is 0.0893. The lowest BCUT2D eigenvalue weighted by atomic mass is 9.70. The van der Waals surface area contributed by atoms with Crippen molar-refractivity contribution in [1.29, 1.82) is 0 Å². The number of hydrogen-bond donors (Lipinski definition) is 1. The van der Waals surface area contributed by atoms with Crippen LogP contribution < -0.4 is 10.1 Å². The zero-order chi connectivity index (χ0) is 28.1. The highest BCUT2D eigenvalue weighted by Gasteiger charge is 2.52. The molecule has 4 heterocycles. The summed E-state index contributed by atoms with van der Waals surface area (Å²) >= 11 is 0. The molecule has 0 aliphatic carbocycles. The van der Waals surface area contributed by atoms with Gasteiger partial charge in [0.25, 0.3) is 0 Å². The Bertz CT molecular complexity index is 1110. The highest BCUT2D eigenvalue weighted by molar-refractivity contribution is 5.91. The van der Waals surface area contributed by atoms with Gasteiger partial charge in [-0.2, -0.15) is 0 Å². The van der Waals surface area contributed by atoms with E-state index in [2.05, 4.69) is 25.2 Å². The van der Waals surface area contributed by atoms with Crippen molar-refractivity contribution in [3.8, 4) is 5.75 Å². The largest absolute Gasteiger partial charge is 0.487 e. The van der Waals surface area contributed by atoms with E-state index >= 15 is 0 Å². The van der Waals surface area contributed by atoms with Crippen molar-refractivity contribution in [1.82, 2.24) is 15.1 Å². The van der Waals surface area contributed by atoms with E-state index in [9.17, 15) is 14.4 Å². The van der Waals surface area contributed by atoms with E-state index in [-0.39, 0.29) is 41.5 Å². The molecule has 0 bridgehead atoms. The van der Waals surface area contributed by atoms with Crippen LogP contribution in [0.4, 0.5) is 4.79 Å². The topological polar surface area (TPSA) is 97.4 Å². The number of rotatable bonds is 3. The fraction of sp³-hybridized carbons (Fsp3) is 0.700. The van der Waals surface area contributed by atoms with Gasteiger partial charge >= 0.3 is 6.09 Å². The molecule has 5 rings (SSSR count). The number of nitrogens with zero attached hydrogens (tertiary/aromatic N) is 2. The maximum atomic E-state index is 13.8. The Balaban J connectivity index is 1.23. The van der Waals surface area contributed by atoms with E-state index in [0.717, 1.165) is 30.6 Å². The molecule has 0 aromatic heterocycles. The highest BCUT2D eigenvalue weighted by atomic mass is 16.6. The second-order valence-corrected chi connectivity index (χ2v) is 13.1. The summed E-state index contributed by atoms with van der Waals surface area (Å²) in [5.74, 6) is 1.05. The lowest BCUT2D eigenvalue weighted by Crippen LogP contribution is -2.58. The van der Waals surface area contributed by atoms with Gasteiger partial charge in [-0.25, -0.2) is 4.79 Å². The quantitative estimate of drug-likeness (QED) is 0.620. The molecule has 1 aromatic carbocycles. The van der Waals surface area contributed by atoms with Gasteiger partial charge in [-0.15, -0.1) is 0 Å². The first-order chi connectivity index (χ1) is 18.3. The van der Waals surface area contributed by atoms with Crippen molar-refractivity contribution in [2.75, 3.05) is 19.6 Å². The lowest BCUT2D eigenvalue weighted by Gasteiger charge is -2.53. The molecule has 39 heavy (non-hydrogen) atoms. The molecule has 214 valence electrons.